The minimum Gasteiger partial charge on any atom is -0.380 e. The molecule has 0 spiro atoms. The van der Waals surface area contributed by atoms with Crippen LogP contribution in [0.25, 0.3) is 6.08 Å². The second-order valence-corrected chi connectivity index (χ2v) is 6.28. The summed E-state index contributed by atoms with van der Waals surface area (Å²) in [4.78, 5) is 0. The van der Waals surface area contributed by atoms with Gasteiger partial charge in [0, 0.05) is 19.1 Å². The molecule has 0 heterocycles. The van der Waals surface area contributed by atoms with Crippen LogP contribution in [0.3, 0.4) is 0 Å². The van der Waals surface area contributed by atoms with Crippen molar-refractivity contribution in [2.75, 3.05) is 13.7 Å². The average Bonchev–Trinajstić information content (AvgIpc) is 2.38. The maximum Gasteiger partial charge on any atom is 0.233 e. The van der Waals surface area contributed by atoms with E-state index in [2.05, 4.69) is 4.72 Å². The fourth-order valence-corrected chi connectivity index (χ4v) is 2.40. The molecule has 0 saturated heterocycles. The summed E-state index contributed by atoms with van der Waals surface area (Å²) in [5, 5.41) is 1.18. The van der Waals surface area contributed by atoms with E-state index in [9.17, 15) is 8.42 Å². The summed E-state index contributed by atoms with van der Waals surface area (Å²) in [6.45, 7) is 4.25. The largest absolute Gasteiger partial charge is 0.380 e. The minimum atomic E-state index is -3.43. The molecule has 0 aliphatic heterocycles. The van der Waals surface area contributed by atoms with Crippen molar-refractivity contribution in [3.05, 3.63) is 41.3 Å². The minimum absolute atomic E-state index is 0.125. The molecule has 5 heteroatoms. The van der Waals surface area contributed by atoms with Gasteiger partial charge in [0.15, 0.2) is 0 Å². The number of methoxy groups -OCH3 is 1. The van der Waals surface area contributed by atoms with E-state index in [4.69, 9.17) is 4.74 Å². The molecule has 0 saturated carbocycles. The van der Waals surface area contributed by atoms with E-state index < -0.39 is 10.0 Å². The summed E-state index contributed by atoms with van der Waals surface area (Å²) >= 11 is 0. The summed E-state index contributed by atoms with van der Waals surface area (Å²) in [5.74, 6) is 0.255. The Morgan fingerprint density at radius 1 is 1.26 bits per heavy atom. The number of nitrogens with one attached hydrogen (secondary N) is 1. The molecule has 0 fully saturated rings. The summed E-state index contributed by atoms with van der Waals surface area (Å²) in [7, 11) is -1.85. The van der Waals surface area contributed by atoms with Crippen LogP contribution < -0.4 is 4.72 Å². The SMILES string of the molecule is CO[C@H](CNS(=O)(=O)/C=C/c1ccccc1)C(C)C. The molecular formula is C14H21NO3S. The Morgan fingerprint density at radius 2 is 1.89 bits per heavy atom. The van der Waals surface area contributed by atoms with Crippen molar-refractivity contribution in [3.63, 3.8) is 0 Å². The van der Waals surface area contributed by atoms with Crippen molar-refractivity contribution >= 4 is 16.1 Å². The summed E-state index contributed by atoms with van der Waals surface area (Å²) in [6.07, 6.45) is 1.44. The Balaban J connectivity index is 2.60. The maximum absolute atomic E-state index is 11.8. The zero-order valence-corrected chi connectivity index (χ0v) is 12.4. The molecule has 1 N–H and O–H groups in total. The van der Waals surface area contributed by atoms with Crippen LogP contribution in [0.1, 0.15) is 19.4 Å². The lowest BCUT2D eigenvalue weighted by molar-refractivity contribution is 0.0692. The molecule has 0 amide bonds. The smallest absolute Gasteiger partial charge is 0.233 e. The number of hydrogen-bond acceptors (Lipinski definition) is 3. The normalized spacial score (nSPS) is 14.1. The first-order valence-corrected chi connectivity index (χ1v) is 7.75. The van der Waals surface area contributed by atoms with Gasteiger partial charge in [0.25, 0.3) is 0 Å². The molecule has 0 aliphatic rings. The highest BCUT2D eigenvalue weighted by Gasteiger charge is 2.15. The summed E-state index contributed by atoms with van der Waals surface area (Å²) in [6, 6.07) is 9.30. The second-order valence-electron chi connectivity index (χ2n) is 4.63. The fraction of sp³-hybridized carbons (Fsp3) is 0.429. The molecule has 1 aromatic rings. The van der Waals surface area contributed by atoms with E-state index >= 15 is 0 Å². The van der Waals surface area contributed by atoms with Crippen LogP contribution in [0.2, 0.25) is 0 Å². The molecular weight excluding hydrogens is 262 g/mol. The average molecular weight is 283 g/mol. The molecule has 1 aromatic carbocycles. The molecule has 4 nitrogen and oxygen atoms in total. The number of sulfonamides is 1. The lowest BCUT2D eigenvalue weighted by Crippen LogP contribution is -2.35. The molecule has 0 bridgehead atoms. The number of benzene rings is 1. The van der Waals surface area contributed by atoms with Gasteiger partial charge in [0.2, 0.25) is 10.0 Å². The Bertz CT molecular complexity index is 495. The van der Waals surface area contributed by atoms with Gasteiger partial charge in [-0.25, -0.2) is 13.1 Å². The number of hydrogen-bond donors (Lipinski definition) is 1. The molecule has 0 aromatic heterocycles. The van der Waals surface area contributed by atoms with Gasteiger partial charge in [-0.3, -0.25) is 0 Å². The highest BCUT2D eigenvalue weighted by atomic mass is 32.2. The van der Waals surface area contributed by atoms with Gasteiger partial charge in [0.1, 0.15) is 0 Å². The van der Waals surface area contributed by atoms with Crippen LogP contribution in [-0.2, 0) is 14.8 Å². The van der Waals surface area contributed by atoms with Crippen molar-refractivity contribution in [1.29, 1.82) is 0 Å². The third-order valence-corrected chi connectivity index (χ3v) is 3.83. The first-order valence-electron chi connectivity index (χ1n) is 6.20. The van der Waals surface area contributed by atoms with E-state index in [-0.39, 0.29) is 18.6 Å². The standard InChI is InChI=1S/C14H21NO3S/c1-12(2)14(18-3)11-15-19(16,17)10-9-13-7-5-4-6-8-13/h4-10,12,14-15H,11H2,1-3H3/b10-9+/t14-/m1/s1. The van der Waals surface area contributed by atoms with Gasteiger partial charge in [-0.15, -0.1) is 0 Å². The van der Waals surface area contributed by atoms with Crippen LogP contribution in [0.5, 0.6) is 0 Å². The predicted octanol–water partition coefficient (Wildman–Crippen LogP) is 2.25. The molecule has 106 valence electrons. The van der Waals surface area contributed by atoms with Crippen molar-refractivity contribution in [2.45, 2.75) is 20.0 Å². The van der Waals surface area contributed by atoms with Crippen molar-refractivity contribution < 1.29 is 13.2 Å². The Labute approximate surface area is 115 Å². The van der Waals surface area contributed by atoms with Gasteiger partial charge in [-0.1, -0.05) is 44.2 Å². The summed E-state index contributed by atoms with van der Waals surface area (Å²) < 4.78 is 31.3. The first kappa shape index (κ1) is 15.9. The zero-order chi connectivity index (χ0) is 14.3. The topological polar surface area (TPSA) is 55.4 Å². The Hall–Kier alpha value is -1.17. The van der Waals surface area contributed by atoms with E-state index in [1.165, 1.54) is 5.41 Å². The monoisotopic (exact) mass is 283 g/mol. The van der Waals surface area contributed by atoms with Crippen molar-refractivity contribution in [1.82, 2.24) is 4.72 Å². The highest BCUT2D eigenvalue weighted by Crippen LogP contribution is 2.06. The van der Waals surface area contributed by atoms with Gasteiger partial charge in [0.05, 0.1) is 6.10 Å². The van der Waals surface area contributed by atoms with Crippen molar-refractivity contribution in [3.8, 4) is 0 Å². The number of ether oxygens (including phenoxy) is 1. The van der Waals surface area contributed by atoms with E-state index in [0.717, 1.165) is 5.56 Å². The zero-order valence-electron chi connectivity index (χ0n) is 11.5. The quantitative estimate of drug-likeness (QED) is 0.835. The number of rotatable bonds is 7. The Morgan fingerprint density at radius 3 is 2.42 bits per heavy atom. The maximum atomic E-state index is 11.8. The van der Waals surface area contributed by atoms with Crippen LogP contribution in [-0.4, -0.2) is 28.2 Å². The lowest BCUT2D eigenvalue weighted by atomic mass is 10.1. The van der Waals surface area contributed by atoms with Gasteiger partial charge < -0.3 is 4.74 Å². The predicted molar refractivity (Wildman–Crippen MR) is 78.0 cm³/mol. The molecule has 0 unspecified atom stereocenters. The molecule has 1 atom stereocenters. The van der Waals surface area contributed by atoms with Gasteiger partial charge in [-0.05, 0) is 17.6 Å². The molecule has 0 radical (unpaired) electrons. The lowest BCUT2D eigenvalue weighted by Gasteiger charge is -2.18. The van der Waals surface area contributed by atoms with E-state index in [0.29, 0.717) is 0 Å². The van der Waals surface area contributed by atoms with E-state index in [1.54, 1.807) is 13.2 Å². The van der Waals surface area contributed by atoms with E-state index in [1.807, 2.05) is 44.2 Å². The molecule has 1 rings (SSSR count). The van der Waals surface area contributed by atoms with Gasteiger partial charge >= 0.3 is 0 Å². The summed E-state index contributed by atoms with van der Waals surface area (Å²) in [5.41, 5.74) is 0.847. The molecule has 19 heavy (non-hydrogen) atoms. The van der Waals surface area contributed by atoms with Crippen molar-refractivity contribution in [2.24, 2.45) is 5.92 Å². The first-order chi connectivity index (χ1) is 8.94. The Kier molecular flexibility index (Phi) is 6.21. The van der Waals surface area contributed by atoms with Crippen LogP contribution in [0, 0.1) is 5.92 Å². The van der Waals surface area contributed by atoms with Crippen LogP contribution in [0.4, 0.5) is 0 Å². The van der Waals surface area contributed by atoms with Gasteiger partial charge in [-0.2, -0.15) is 0 Å². The van der Waals surface area contributed by atoms with Crippen LogP contribution >= 0.6 is 0 Å². The highest BCUT2D eigenvalue weighted by molar-refractivity contribution is 7.92. The second kappa shape index (κ2) is 7.43. The van der Waals surface area contributed by atoms with Crippen LogP contribution in [0.15, 0.2) is 35.7 Å². The third kappa shape index (κ3) is 6.00. The third-order valence-electron chi connectivity index (χ3n) is 2.77. The fourth-order valence-electron chi connectivity index (χ4n) is 1.57. The molecule has 0 aliphatic carbocycles.